The molecule has 0 aromatic carbocycles. The second kappa shape index (κ2) is 5.40. The molecule has 0 saturated heterocycles. The number of nitrogens with one attached hydrogen (secondary N) is 1. The van der Waals surface area contributed by atoms with E-state index in [1.54, 1.807) is 0 Å². The van der Waals surface area contributed by atoms with E-state index in [4.69, 9.17) is 11.5 Å². The lowest BCUT2D eigenvalue weighted by Crippen LogP contribution is -2.39. The first-order valence-corrected chi connectivity index (χ1v) is 5.10. The Morgan fingerprint density at radius 3 is 2.47 bits per heavy atom. The van der Waals surface area contributed by atoms with Crippen molar-refractivity contribution in [3.63, 3.8) is 0 Å². The summed E-state index contributed by atoms with van der Waals surface area (Å²) in [5.74, 6) is 0.244. The Labute approximate surface area is 89.0 Å². The zero-order chi connectivity index (χ0) is 11.3. The van der Waals surface area contributed by atoms with Gasteiger partial charge in [0.2, 0.25) is 5.91 Å². The van der Waals surface area contributed by atoms with E-state index < -0.39 is 17.8 Å². The number of carbonyl (C=O) groups is 2. The third-order valence-corrected chi connectivity index (χ3v) is 2.78. The summed E-state index contributed by atoms with van der Waals surface area (Å²) in [6.07, 6.45) is 8.05. The number of carboxylic acid groups (broad SMARTS) is 1. The fraction of sp³-hybridized carbons (Fsp3) is 0.636. The van der Waals surface area contributed by atoms with Crippen LogP contribution in [0.25, 0.3) is 0 Å². The molecule has 0 aliphatic heterocycles. The smallest absolute Gasteiger partial charge is 0.307 e. The van der Waals surface area contributed by atoms with Gasteiger partial charge in [0.25, 0.3) is 0 Å². The van der Waals surface area contributed by atoms with Crippen molar-refractivity contribution in [2.75, 3.05) is 6.54 Å². The predicted molar refractivity (Wildman–Crippen MR) is 54.9 cm³/mol. The van der Waals surface area contributed by atoms with Gasteiger partial charge in [-0.25, -0.2) is 0 Å². The van der Waals surface area contributed by atoms with Gasteiger partial charge in [-0.05, 0) is 12.8 Å². The molecule has 4 heteroatoms. The molecule has 0 aromatic heterocycles. The number of amides is 1. The molecule has 1 rings (SSSR count). The van der Waals surface area contributed by atoms with Gasteiger partial charge in [-0.1, -0.05) is 18.8 Å². The van der Waals surface area contributed by atoms with Crippen molar-refractivity contribution in [1.82, 2.24) is 5.32 Å². The Kier molecular flexibility index (Phi) is 4.17. The van der Waals surface area contributed by atoms with Gasteiger partial charge in [0.05, 0.1) is 18.4 Å². The van der Waals surface area contributed by atoms with Crippen LogP contribution >= 0.6 is 0 Å². The van der Waals surface area contributed by atoms with Crippen molar-refractivity contribution in [3.8, 4) is 12.3 Å². The van der Waals surface area contributed by atoms with E-state index >= 15 is 0 Å². The molecule has 1 aliphatic rings. The molecular formula is C11H15NO3. The number of rotatable bonds is 3. The summed E-state index contributed by atoms with van der Waals surface area (Å²) in [5, 5.41) is 11.5. The first-order valence-electron chi connectivity index (χ1n) is 5.10. The first kappa shape index (κ1) is 11.6. The summed E-state index contributed by atoms with van der Waals surface area (Å²) in [6, 6.07) is 0. The Morgan fingerprint density at radius 2 is 1.93 bits per heavy atom. The van der Waals surface area contributed by atoms with Gasteiger partial charge in [-0.15, -0.1) is 6.42 Å². The van der Waals surface area contributed by atoms with Gasteiger partial charge in [0.1, 0.15) is 0 Å². The van der Waals surface area contributed by atoms with Crippen LogP contribution in [0.3, 0.4) is 0 Å². The molecule has 1 fully saturated rings. The molecule has 2 unspecified atom stereocenters. The van der Waals surface area contributed by atoms with Crippen LogP contribution in [0.1, 0.15) is 25.7 Å². The summed E-state index contributed by atoms with van der Waals surface area (Å²) in [5.41, 5.74) is 0. The second-order valence-corrected chi connectivity index (χ2v) is 3.76. The number of terminal acetylenes is 1. The minimum atomic E-state index is -0.879. The van der Waals surface area contributed by atoms with Crippen molar-refractivity contribution >= 4 is 11.9 Å². The predicted octanol–water partition coefficient (Wildman–Crippen LogP) is 0.627. The SMILES string of the molecule is C#CCNC(=O)C1CCCCC1C(=O)O. The normalized spacial score (nSPS) is 25.3. The molecule has 0 aromatic rings. The van der Waals surface area contributed by atoms with Gasteiger partial charge in [0.15, 0.2) is 0 Å². The summed E-state index contributed by atoms with van der Waals surface area (Å²) >= 11 is 0. The number of hydrogen-bond acceptors (Lipinski definition) is 2. The third kappa shape index (κ3) is 2.98. The van der Waals surface area contributed by atoms with Crippen LogP contribution in [0.15, 0.2) is 0 Å². The van der Waals surface area contributed by atoms with Gasteiger partial charge >= 0.3 is 5.97 Å². The molecule has 0 bridgehead atoms. The van der Waals surface area contributed by atoms with E-state index in [0.717, 1.165) is 12.8 Å². The van der Waals surface area contributed by atoms with Crippen LogP contribution in [0.2, 0.25) is 0 Å². The van der Waals surface area contributed by atoms with E-state index in [1.807, 2.05) is 0 Å². The Bertz CT molecular complexity index is 293. The number of carbonyl (C=O) groups excluding carboxylic acids is 1. The molecule has 15 heavy (non-hydrogen) atoms. The largest absolute Gasteiger partial charge is 0.481 e. The molecule has 0 heterocycles. The maximum atomic E-state index is 11.6. The average molecular weight is 209 g/mol. The molecular weight excluding hydrogens is 194 g/mol. The van der Waals surface area contributed by atoms with E-state index in [-0.39, 0.29) is 12.5 Å². The highest BCUT2D eigenvalue weighted by Crippen LogP contribution is 2.30. The molecule has 0 radical (unpaired) electrons. The van der Waals surface area contributed by atoms with Gasteiger partial charge in [-0.2, -0.15) is 0 Å². The lowest BCUT2D eigenvalue weighted by molar-refractivity contribution is -0.148. The van der Waals surface area contributed by atoms with Crippen LogP contribution in [-0.2, 0) is 9.59 Å². The van der Waals surface area contributed by atoms with E-state index in [0.29, 0.717) is 12.8 Å². The molecule has 1 saturated carbocycles. The number of carboxylic acids is 1. The molecule has 1 amide bonds. The van der Waals surface area contributed by atoms with E-state index in [2.05, 4.69) is 11.2 Å². The number of aliphatic carboxylic acids is 1. The highest BCUT2D eigenvalue weighted by Gasteiger charge is 2.35. The molecule has 2 N–H and O–H groups in total. The zero-order valence-electron chi connectivity index (χ0n) is 8.53. The van der Waals surface area contributed by atoms with E-state index in [1.165, 1.54) is 0 Å². The fourth-order valence-electron chi connectivity index (χ4n) is 2.01. The monoisotopic (exact) mass is 209 g/mol. The Hall–Kier alpha value is -1.50. The highest BCUT2D eigenvalue weighted by atomic mass is 16.4. The van der Waals surface area contributed by atoms with Crippen molar-refractivity contribution in [2.45, 2.75) is 25.7 Å². The van der Waals surface area contributed by atoms with Crippen LogP contribution in [0.5, 0.6) is 0 Å². The lowest BCUT2D eigenvalue weighted by atomic mass is 9.79. The van der Waals surface area contributed by atoms with Crippen LogP contribution in [0.4, 0.5) is 0 Å². The van der Waals surface area contributed by atoms with Gasteiger partial charge < -0.3 is 10.4 Å². The summed E-state index contributed by atoms with van der Waals surface area (Å²) in [4.78, 5) is 22.5. The van der Waals surface area contributed by atoms with E-state index in [9.17, 15) is 9.59 Å². The van der Waals surface area contributed by atoms with Crippen molar-refractivity contribution in [3.05, 3.63) is 0 Å². The summed E-state index contributed by atoms with van der Waals surface area (Å²) in [6.45, 7) is 0.168. The Balaban J connectivity index is 2.60. The topological polar surface area (TPSA) is 66.4 Å². The summed E-state index contributed by atoms with van der Waals surface area (Å²) < 4.78 is 0. The maximum absolute atomic E-state index is 11.6. The van der Waals surface area contributed by atoms with Gasteiger partial charge in [-0.3, -0.25) is 9.59 Å². The zero-order valence-corrected chi connectivity index (χ0v) is 8.53. The van der Waals surface area contributed by atoms with Crippen LogP contribution in [0, 0.1) is 24.2 Å². The minimum absolute atomic E-state index is 0.168. The standard InChI is InChI=1S/C11H15NO3/c1-2-7-12-10(13)8-5-3-4-6-9(8)11(14)15/h1,8-9H,3-7H2,(H,12,13)(H,14,15). The Morgan fingerprint density at radius 1 is 1.33 bits per heavy atom. The van der Waals surface area contributed by atoms with Crippen LogP contribution in [-0.4, -0.2) is 23.5 Å². The average Bonchev–Trinajstić information content (AvgIpc) is 2.25. The van der Waals surface area contributed by atoms with Crippen molar-refractivity contribution in [2.24, 2.45) is 11.8 Å². The minimum Gasteiger partial charge on any atom is -0.481 e. The molecule has 0 spiro atoms. The number of hydrogen-bond donors (Lipinski definition) is 2. The van der Waals surface area contributed by atoms with Gasteiger partial charge in [0, 0.05) is 0 Å². The molecule has 2 atom stereocenters. The lowest BCUT2D eigenvalue weighted by Gasteiger charge is -2.27. The highest BCUT2D eigenvalue weighted by molar-refractivity contribution is 5.85. The summed E-state index contributed by atoms with van der Waals surface area (Å²) in [7, 11) is 0. The van der Waals surface area contributed by atoms with Crippen LogP contribution < -0.4 is 5.32 Å². The quantitative estimate of drug-likeness (QED) is 0.670. The molecule has 82 valence electrons. The maximum Gasteiger partial charge on any atom is 0.307 e. The van der Waals surface area contributed by atoms with Crippen molar-refractivity contribution in [1.29, 1.82) is 0 Å². The third-order valence-electron chi connectivity index (χ3n) is 2.78. The molecule has 1 aliphatic carbocycles. The fourth-order valence-corrected chi connectivity index (χ4v) is 2.01. The van der Waals surface area contributed by atoms with Crippen molar-refractivity contribution < 1.29 is 14.7 Å². The first-order chi connectivity index (χ1) is 7.16. The second-order valence-electron chi connectivity index (χ2n) is 3.76. The molecule has 4 nitrogen and oxygen atoms in total.